The van der Waals surface area contributed by atoms with Gasteiger partial charge < -0.3 is 26.4 Å². The first-order valence-corrected chi connectivity index (χ1v) is 10.1. The van der Waals surface area contributed by atoms with E-state index in [1.807, 2.05) is 0 Å². The van der Waals surface area contributed by atoms with Gasteiger partial charge in [-0.15, -0.1) is 0 Å². The molecule has 0 fully saturated rings. The molecule has 0 aliphatic heterocycles. The molecule has 0 aromatic rings. The second-order valence-electron chi connectivity index (χ2n) is 6.27. The van der Waals surface area contributed by atoms with Gasteiger partial charge in [0.15, 0.2) is 0 Å². The van der Waals surface area contributed by atoms with E-state index in [0.29, 0.717) is 19.5 Å². The van der Waals surface area contributed by atoms with E-state index >= 15 is 0 Å². The second kappa shape index (κ2) is 34.8. The van der Waals surface area contributed by atoms with Crippen LogP contribution in [0.3, 0.4) is 0 Å². The van der Waals surface area contributed by atoms with E-state index in [1.165, 1.54) is 51.4 Å². The second-order valence-corrected chi connectivity index (χ2v) is 6.27. The van der Waals surface area contributed by atoms with E-state index in [9.17, 15) is 4.79 Å². The Kier molecular flexibility index (Phi) is 45.1. The third kappa shape index (κ3) is 95.0. The van der Waals surface area contributed by atoms with Gasteiger partial charge in [0.25, 0.3) is 17.9 Å². The van der Waals surface area contributed by atoms with Crippen molar-refractivity contribution in [3.05, 3.63) is 0 Å². The number of rotatable bonds is 12. The number of nitrogens with one attached hydrogen (secondary N) is 1. The van der Waals surface area contributed by atoms with Crippen LogP contribution in [0.5, 0.6) is 0 Å². The van der Waals surface area contributed by atoms with Gasteiger partial charge in [-0.05, 0) is 6.42 Å². The summed E-state index contributed by atoms with van der Waals surface area (Å²) >= 11 is 0. The largest absolute Gasteiger partial charge is 0.481 e. The summed E-state index contributed by atoms with van der Waals surface area (Å²) in [6, 6.07) is 0. The Labute approximate surface area is 191 Å². The topological polar surface area (TPSA) is 167 Å². The Morgan fingerprint density at radius 2 is 1.00 bits per heavy atom. The molecule has 0 aromatic heterocycles. The molecule has 0 atom stereocenters. The van der Waals surface area contributed by atoms with Crippen molar-refractivity contribution in [1.29, 1.82) is 0 Å². The van der Waals surface area contributed by atoms with Crippen LogP contribution in [0.4, 0.5) is 0 Å². The molecule has 183 valence electrons. The van der Waals surface area contributed by atoms with Gasteiger partial charge in [-0.25, -0.2) is 0 Å². The van der Waals surface area contributed by atoms with E-state index in [0.717, 1.165) is 27.2 Å². The minimum atomic E-state index is -0.833. The summed E-state index contributed by atoms with van der Waals surface area (Å²) in [5.74, 6) is -2.35. The van der Waals surface area contributed by atoms with Crippen molar-refractivity contribution < 1.29 is 51.3 Å². The minimum absolute atomic E-state index is 0. The van der Waals surface area contributed by atoms with Crippen LogP contribution < -0.4 is 11.1 Å². The van der Waals surface area contributed by atoms with Crippen molar-refractivity contribution in [2.45, 2.75) is 91.9 Å². The predicted molar refractivity (Wildman–Crippen MR) is 114 cm³/mol. The zero-order chi connectivity index (χ0) is 23.5. The molecular formula is C20H42CoN2O7. The first-order chi connectivity index (χ1) is 13.5. The fourth-order valence-corrected chi connectivity index (χ4v) is 1.90. The Morgan fingerprint density at radius 3 is 1.30 bits per heavy atom. The molecule has 10 heteroatoms. The van der Waals surface area contributed by atoms with Gasteiger partial charge in [0, 0.05) is 57.1 Å². The molecule has 0 unspecified atom stereocenters. The molecule has 0 saturated heterocycles. The molecular weight excluding hydrogens is 439 g/mol. The van der Waals surface area contributed by atoms with Crippen molar-refractivity contribution in [2.75, 3.05) is 13.1 Å². The molecule has 0 aromatic carbocycles. The van der Waals surface area contributed by atoms with Crippen LogP contribution in [0, 0.1) is 0 Å². The van der Waals surface area contributed by atoms with Crippen molar-refractivity contribution in [3.63, 3.8) is 0 Å². The van der Waals surface area contributed by atoms with Crippen LogP contribution >= 0.6 is 0 Å². The number of aliphatic carboxylic acids is 3. The number of carbonyl (C=O) groups is 4. The molecule has 0 spiro atoms. The van der Waals surface area contributed by atoms with E-state index in [-0.39, 0.29) is 22.7 Å². The third-order valence-corrected chi connectivity index (χ3v) is 2.97. The van der Waals surface area contributed by atoms with Gasteiger partial charge in [-0.2, -0.15) is 0 Å². The molecule has 0 aliphatic carbocycles. The molecule has 0 saturated carbocycles. The third-order valence-electron chi connectivity index (χ3n) is 2.97. The smallest absolute Gasteiger partial charge is 0.300 e. The number of hydrogen-bond donors (Lipinski definition) is 5. The SMILES string of the molecule is CC(=O)O.CC(=O)O.CC(=O)O.CCCCCCCCCCCC(=O)NCCN.[Co]. The summed E-state index contributed by atoms with van der Waals surface area (Å²) in [4.78, 5) is 38.2. The van der Waals surface area contributed by atoms with Gasteiger partial charge in [-0.3, -0.25) is 19.2 Å². The van der Waals surface area contributed by atoms with E-state index in [1.54, 1.807) is 0 Å². The van der Waals surface area contributed by atoms with Gasteiger partial charge in [0.1, 0.15) is 0 Å². The Morgan fingerprint density at radius 1 is 0.700 bits per heavy atom. The fraction of sp³-hybridized carbons (Fsp3) is 0.800. The van der Waals surface area contributed by atoms with E-state index < -0.39 is 17.9 Å². The van der Waals surface area contributed by atoms with Crippen molar-refractivity contribution in [3.8, 4) is 0 Å². The summed E-state index contributed by atoms with van der Waals surface area (Å²) in [6.45, 7) is 6.63. The molecule has 6 N–H and O–H groups in total. The molecule has 1 radical (unpaired) electrons. The Bertz CT molecular complexity index is 368. The quantitative estimate of drug-likeness (QED) is 0.265. The normalized spacial score (nSPS) is 8.43. The monoisotopic (exact) mass is 481 g/mol. The number of carboxylic acids is 3. The minimum Gasteiger partial charge on any atom is -0.481 e. The summed E-state index contributed by atoms with van der Waals surface area (Å²) < 4.78 is 0. The van der Waals surface area contributed by atoms with Gasteiger partial charge in [0.05, 0.1) is 0 Å². The van der Waals surface area contributed by atoms with Crippen LogP contribution in [-0.2, 0) is 36.0 Å². The summed E-state index contributed by atoms with van der Waals surface area (Å²) in [7, 11) is 0. The molecule has 9 nitrogen and oxygen atoms in total. The summed E-state index contributed by atoms with van der Waals surface area (Å²) in [5.41, 5.74) is 5.31. The van der Waals surface area contributed by atoms with Crippen molar-refractivity contribution >= 4 is 23.8 Å². The number of carboxylic acid groups (broad SMARTS) is 3. The number of hydrogen-bond acceptors (Lipinski definition) is 5. The predicted octanol–water partition coefficient (Wildman–Crippen LogP) is 3.25. The van der Waals surface area contributed by atoms with Crippen LogP contribution in [0.1, 0.15) is 91.9 Å². The maximum Gasteiger partial charge on any atom is 0.300 e. The van der Waals surface area contributed by atoms with Gasteiger partial charge >= 0.3 is 0 Å². The number of unbranched alkanes of at least 4 members (excludes halogenated alkanes) is 8. The number of nitrogens with two attached hydrogens (primary N) is 1. The molecule has 30 heavy (non-hydrogen) atoms. The fourth-order valence-electron chi connectivity index (χ4n) is 1.90. The molecule has 0 aliphatic rings. The van der Waals surface area contributed by atoms with Crippen LogP contribution in [-0.4, -0.2) is 52.2 Å². The first kappa shape index (κ1) is 38.9. The van der Waals surface area contributed by atoms with Gasteiger partial charge in [0.2, 0.25) is 5.91 Å². The zero-order valence-electron chi connectivity index (χ0n) is 18.9. The van der Waals surface area contributed by atoms with Crippen molar-refractivity contribution in [2.24, 2.45) is 5.73 Å². The van der Waals surface area contributed by atoms with E-state index in [2.05, 4.69) is 12.2 Å². The van der Waals surface area contributed by atoms with Crippen molar-refractivity contribution in [1.82, 2.24) is 5.32 Å². The standard InChI is InChI=1S/C14H30N2O.3C2H4O2.Co/c1-2-3-4-5-6-7-8-9-10-11-14(17)16-13-12-15;3*1-2(3)4;/h2-13,15H2,1H3,(H,16,17);3*1H3,(H,3,4);. The molecule has 0 heterocycles. The van der Waals surface area contributed by atoms with E-state index in [4.69, 9.17) is 35.4 Å². The maximum absolute atomic E-state index is 11.2. The first-order valence-electron chi connectivity index (χ1n) is 10.1. The molecule has 1 amide bonds. The maximum atomic E-state index is 11.2. The molecule has 0 bridgehead atoms. The number of amides is 1. The van der Waals surface area contributed by atoms with Crippen LogP contribution in [0.15, 0.2) is 0 Å². The summed E-state index contributed by atoms with van der Waals surface area (Å²) in [6.07, 6.45) is 12.3. The number of carbonyl (C=O) groups excluding carboxylic acids is 1. The zero-order valence-corrected chi connectivity index (χ0v) is 19.9. The summed E-state index contributed by atoms with van der Waals surface area (Å²) in [5, 5.41) is 25.0. The van der Waals surface area contributed by atoms with Crippen LogP contribution in [0.25, 0.3) is 0 Å². The molecule has 0 rings (SSSR count). The Balaban J connectivity index is -0.000000131. The Hall–Kier alpha value is -1.65. The van der Waals surface area contributed by atoms with Gasteiger partial charge in [-0.1, -0.05) is 58.3 Å². The average molecular weight is 481 g/mol. The average Bonchev–Trinajstić information content (AvgIpc) is 2.57. The van der Waals surface area contributed by atoms with Crippen LogP contribution in [0.2, 0.25) is 0 Å².